The zero-order valence-corrected chi connectivity index (χ0v) is 80.8. The molecule has 35 heteroatoms. The third-order valence-corrected chi connectivity index (χ3v) is 27.5. The van der Waals surface area contributed by atoms with E-state index in [2.05, 4.69) is 33.4 Å². The number of hydrogen-bond acceptors (Lipinski definition) is 18. The van der Waals surface area contributed by atoms with Gasteiger partial charge in [-0.15, -0.1) is 0 Å². The number of piperazine rings is 3. The number of hydrogen-bond donors (Lipinski definition) is 1. The highest BCUT2D eigenvalue weighted by Gasteiger charge is 2.51. The van der Waals surface area contributed by atoms with Crippen molar-refractivity contribution in [3.05, 3.63) is 250 Å². The van der Waals surface area contributed by atoms with Crippen LogP contribution in [0.25, 0.3) is 83.2 Å². The Morgan fingerprint density at radius 3 is 0.978 bits per heavy atom. The van der Waals surface area contributed by atoms with Crippen LogP contribution in [0.1, 0.15) is 114 Å². The van der Waals surface area contributed by atoms with Crippen LogP contribution in [0.4, 0.5) is 60.5 Å². The number of pyridine rings is 6. The highest BCUT2D eigenvalue weighted by Crippen LogP contribution is 2.54. The van der Waals surface area contributed by atoms with E-state index in [1.165, 1.54) is 143 Å². The van der Waals surface area contributed by atoms with Crippen molar-refractivity contribution in [3.8, 4) is 67.7 Å². The summed E-state index contributed by atoms with van der Waals surface area (Å²) in [6.07, 6.45) is 7.27. The van der Waals surface area contributed by atoms with E-state index >= 15 is 26.3 Å². The van der Waals surface area contributed by atoms with Crippen molar-refractivity contribution in [2.75, 3.05) is 111 Å². The average molecular weight is 1930 g/mol. The van der Waals surface area contributed by atoms with Crippen molar-refractivity contribution < 1.29 is 64.5 Å². The average Bonchev–Trinajstić information content (AvgIpc) is 0.706. The Balaban J connectivity index is 0.000000149. The van der Waals surface area contributed by atoms with Crippen molar-refractivity contribution in [1.29, 1.82) is 0 Å². The van der Waals surface area contributed by atoms with Crippen LogP contribution in [0.3, 0.4) is 0 Å². The molecule has 3 fully saturated rings. The molecule has 0 saturated carbocycles. The summed E-state index contributed by atoms with van der Waals surface area (Å²) in [4.78, 5) is 138. The van der Waals surface area contributed by atoms with Gasteiger partial charge in [-0.25, -0.2) is 26.3 Å². The van der Waals surface area contributed by atoms with E-state index in [1.807, 2.05) is 74.1 Å². The lowest BCUT2D eigenvalue weighted by Gasteiger charge is -2.50. The monoisotopic (exact) mass is 1930 g/mol. The number of rotatable bonds is 14. The van der Waals surface area contributed by atoms with Crippen LogP contribution in [0.5, 0.6) is 17.2 Å². The number of nitrogens with one attached hydrogen (secondary N) is 1. The van der Waals surface area contributed by atoms with E-state index in [1.54, 1.807) is 83.4 Å². The number of carbonyl (C=O) groups is 5. The summed E-state index contributed by atoms with van der Waals surface area (Å²) in [5, 5.41) is 3.81. The summed E-state index contributed by atoms with van der Waals surface area (Å²) in [5.74, 6) is -7.03. The molecule has 3 saturated heterocycles. The highest BCUT2D eigenvalue weighted by molar-refractivity contribution is 6.36. The third-order valence-electron chi connectivity index (χ3n) is 26.6. The van der Waals surface area contributed by atoms with Gasteiger partial charge in [0.25, 0.3) is 34.4 Å². The number of ether oxygens (including phenoxy) is 3. The van der Waals surface area contributed by atoms with Gasteiger partial charge in [0.2, 0.25) is 11.8 Å². The van der Waals surface area contributed by atoms with Crippen LogP contribution in [0.2, 0.25) is 15.1 Å². The number of anilines is 6. The lowest BCUT2D eigenvalue weighted by molar-refractivity contribution is -0.132. The van der Waals surface area contributed by atoms with Gasteiger partial charge in [0.05, 0.1) is 134 Å². The first-order chi connectivity index (χ1) is 65.1. The van der Waals surface area contributed by atoms with E-state index in [0.29, 0.717) is 86.4 Å². The topological polar surface area (TPSA) is 256 Å². The van der Waals surface area contributed by atoms with Crippen LogP contribution in [0, 0.1) is 55.7 Å². The molecule has 6 aromatic heterocycles. The number of carbonyl (C=O) groups excluding carboxylic acids is 5. The Kier molecular flexibility index (Phi) is 26.2. The molecule has 0 aliphatic carbocycles. The molecule has 0 spiro atoms. The fourth-order valence-corrected chi connectivity index (χ4v) is 21.0. The first-order valence-corrected chi connectivity index (χ1v) is 45.7. The number of halogens is 9. The summed E-state index contributed by atoms with van der Waals surface area (Å²) in [6, 6.07) is 19.0. The van der Waals surface area contributed by atoms with Gasteiger partial charge in [-0.2, -0.15) is 0 Å². The molecule has 18 rings (SSSR count). The number of nitrogens with zero attached hydrogens (tertiary/aromatic N) is 14. The predicted octanol–water partition coefficient (Wildman–Crippen LogP) is 17.6. The van der Waals surface area contributed by atoms with Crippen LogP contribution >= 0.6 is 34.8 Å². The summed E-state index contributed by atoms with van der Waals surface area (Å²) < 4.78 is 119. The molecule has 5 amide bonds. The lowest BCUT2D eigenvalue weighted by Crippen LogP contribution is -2.66. The van der Waals surface area contributed by atoms with Crippen molar-refractivity contribution in [1.82, 2.24) is 43.8 Å². The molecule has 0 radical (unpaired) electrons. The number of fused-ring (bicyclic) bond motifs is 15. The highest BCUT2D eigenvalue weighted by atomic mass is 35.5. The molecule has 6 aliphatic heterocycles. The molecule has 137 heavy (non-hydrogen) atoms. The first-order valence-electron chi connectivity index (χ1n) is 44.5. The molecular formula is C102H100Cl3F6N15O11. The van der Waals surface area contributed by atoms with Crippen LogP contribution < -0.4 is 65.6 Å². The van der Waals surface area contributed by atoms with Crippen LogP contribution in [-0.4, -0.2) is 186 Å². The van der Waals surface area contributed by atoms with Gasteiger partial charge in [0.15, 0.2) is 17.5 Å². The van der Waals surface area contributed by atoms with Gasteiger partial charge in [0, 0.05) is 117 Å². The number of likely N-dealkylation sites (N-methyl/N-ethyl adjacent to an activating group) is 3. The quantitative estimate of drug-likeness (QED) is 0.0784. The van der Waals surface area contributed by atoms with E-state index in [4.69, 9.17) is 49.0 Å². The largest absolute Gasteiger partial charge is 0.496 e. The maximum atomic E-state index is 17.5. The van der Waals surface area contributed by atoms with E-state index < -0.39 is 81.5 Å². The fourth-order valence-electron chi connectivity index (χ4n) is 20.1. The van der Waals surface area contributed by atoms with E-state index in [9.17, 15) is 38.4 Å². The molecule has 712 valence electrons. The number of aromatic nitrogens is 6. The number of benzene rings is 6. The Morgan fingerprint density at radius 1 is 0.416 bits per heavy atom. The maximum absolute atomic E-state index is 17.5. The molecule has 6 aromatic carbocycles. The SMILES string of the molecule is C=CC(=O)N1C[C@@H]2C(=O)N(C)c3c(c4cc(Cl)c(-c5c(F)cccc5OC)c(F)c4n(-c4c(C)ccnc4C(C)C)c3=O)N2C[C@H]1C.C=CC(=O)N1C[C@@H]2C(=O)N(C)c3c(c4cc(Cl)c(-c5c(F)cccc5OC)c(F)c4n(-c4c(C)ccnc4C(C)C)c3=O)N2C[C@H]1C.COc1cccc(F)c1-c1c(Cl)cc2c3c(c(=O)n(-c4c(C)ccnc4C(C)C)c2c1F)N(C)C(=O)[C@H]1CN[C@H](C)CN31. The standard InChI is InChI=1S/2C35H34ClF2N5O4.C32H32ClF2N5O3/c2*1-8-25(44)41-16-23-34(45)40(6)33-32(42(23)15-19(41)5)20-14-21(36)26(27-22(37)10-9-11-24(27)47-7)28(38)31(20)43(35(33)46)30-18(4)12-13-39-29(30)17(2)3;1-15(2)26-27(16(3)10-11-36-26)40-28-18(12-19(33)23(25(28)35)24-20(34)8-7-9-22(24)43-6)29-30(32(40)42)38(5)31(41)21-13-37-17(4)14-39(21)29/h2*8-14,17,19,23H,1,15-16H2,2-7H3;7-12,15,17,21,37H,13-14H2,1-6H3/t2*19-,23-;17-,21-/m111/s1. The maximum Gasteiger partial charge on any atom is 0.281 e. The van der Waals surface area contributed by atoms with Crippen molar-refractivity contribution in [2.24, 2.45) is 0 Å². The van der Waals surface area contributed by atoms with Gasteiger partial charge >= 0.3 is 0 Å². The second-order valence-corrected chi connectivity index (χ2v) is 37.2. The van der Waals surface area contributed by atoms with Crippen LogP contribution in [-0.2, 0) is 24.0 Å². The lowest BCUT2D eigenvalue weighted by atomic mass is 9.95. The third kappa shape index (κ3) is 15.6. The molecule has 0 unspecified atom stereocenters. The molecule has 26 nitrogen and oxygen atoms in total. The number of aryl methyl sites for hydroxylation is 3. The van der Waals surface area contributed by atoms with Crippen LogP contribution in [0.15, 0.2) is 149 Å². The zero-order chi connectivity index (χ0) is 99.0. The van der Waals surface area contributed by atoms with Gasteiger partial charge in [-0.3, -0.25) is 67.0 Å². The van der Waals surface area contributed by atoms with Gasteiger partial charge < -0.3 is 58.7 Å². The summed E-state index contributed by atoms with van der Waals surface area (Å²) in [7, 11) is 8.59. The van der Waals surface area contributed by atoms with Crippen molar-refractivity contribution >= 4 is 131 Å². The Hall–Kier alpha value is -13.6. The summed E-state index contributed by atoms with van der Waals surface area (Å²) in [5.41, 5.74) is 2.24. The Bertz CT molecular complexity index is 7060. The van der Waals surface area contributed by atoms with E-state index in [0.717, 1.165) is 0 Å². The molecule has 6 atom stereocenters. The molecule has 0 bridgehead atoms. The normalized spacial score (nSPS) is 17.9. The smallest absolute Gasteiger partial charge is 0.281 e. The number of amides is 5. The van der Waals surface area contributed by atoms with Crippen molar-refractivity contribution in [2.45, 2.75) is 137 Å². The van der Waals surface area contributed by atoms with Gasteiger partial charge in [0.1, 0.15) is 69.9 Å². The molecule has 12 heterocycles. The Labute approximate surface area is 800 Å². The second-order valence-electron chi connectivity index (χ2n) is 35.9. The van der Waals surface area contributed by atoms with Gasteiger partial charge in [-0.05, 0) is 161 Å². The van der Waals surface area contributed by atoms with Gasteiger partial charge in [-0.1, -0.05) is 108 Å². The molecule has 6 aliphatic rings. The van der Waals surface area contributed by atoms with Crippen molar-refractivity contribution in [3.63, 3.8) is 0 Å². The zero-order valence-electron chi connectivity index (χ0n) is 78.6. The molecule has 1 N–H and O–H groups in total. The minimum Gasteiger partial charge on any atom is -0.496 e. The van der Waals surface area contributed by atoms with E-state index in [-0.39, 0.29) is 190 Å². The number of methoxy groups -OCH3 is 3. The summed E-state index contributed by atoms with van der Waals surface area (Å²) >= 11 is 20.6. The Morgan fingerprint density at radius 2 is 0.701 bits per heavy atom. The first kappa shape index (κ1) is 96.6. The predicted molar refractivity (Wildman–Crippen MR) is 523 cm³/mol. The fraction of sp³-hybridized carbons (Fsp3) is 0.324. The minimum atomic E-state index is -0.946. The summed E-state index contributed by atoms with van der Waals surface area (Å²) in [6.45, 7) is 30.9. The minimum absolute atomic E-state index is 0.00633. The second kappa shape index (κ2) is 37.2. The molecular weight excluding hydrogens is 1830 g/mol. The molecule has 12 aromatic rings.